The smallest absolute Gasteiger partial charge is 0.272 e. The highest BCUT2D eigenvalue weighted by Gasteiger charge is 2.19. The second-order valence-electron chi connectivity index (χ2n) is 7.61. The van der Waals surface area contributed by atoms with Gasteiger partial charge in [0.05, 0.1) is 18.3 Å². The highest BCUT2D eigenvalue weighted by atomic mass is 16.5. The maximum Gasteiger partial charge on any atom is 0.272 e. The summed E-state index contributed by atoms with van der Waals surface area (Å²) in [5.74, 6) is 0.346. The Morgan fingerprint density at radius 1 is 1.15 bits per heavy atom. The number of aryl methyl sites for hydroxylation is 1. The Bertz CT molecular complexity index is 1030. The van der Waals surface area contributed by atoms with E-state index in [2.05, 4.69) is 26.1 Å². The number of hydrogen-bond acceptors (Lipinski definition) is 3. The minimum Gasteiger partial charge on any atom is -0.495 e. The summed E-state index contributed by atoms with van der Waals surface area (Å²) in [5.41, 5.74) is 3.44. The van der Waals surface area contributed by atoms with Gasteiger partial charge in [-0.15, -0.1) is 0 Å². The predicted octanol–water partition coefficient (Wildman–Crippen LogP) is 4.55. The van der Waals surface area contributed by atoms with Gasteiger partial charge in [0.2, 0.25) is 0 Å². The predicted molar refractivity (Wildman–Crippen MR) is 108 cm³/mol. The Kier molecular flexibility index (Phi) is 4.79. The van der Waals surface area contributed by atoms with Crippen molar-refractivity contribution in [3.8, 4) is 5.75 Å². The van der Waals surface area contributed by atoms with Crippen LogP contribution in [-0.2, 0) is 12.5 Å². The van der Waals surface area contributed by atoms with E-state index in [-0.39, 0.29) is 11.3 Å². The second kappa shape index (κ2) is 6.91. The van der Waals surface area contributed by atoms with Crippen molar-refractivity contribution in [1.82, 2.24) is 4.57 Å². The molecule has 0 radical (unpaired) electrons. The monoisotopic (exact) mass is 364 g/mol. The third-order valence-corrected chi connectivity index (χ3v) is 4.76. The number of aromatic nitrogens is 1. The van der Waals surface area contributed by atoms with Crippen LogP contribution in [0, 0.1) is 0 Å². The number of fused-ring (bicyclic) bond motifs is 1. The second-order valence-corrected chi connectivity index (χ2v) is 7.61. The number of nitrogens with one attached hydrogen (secondary N) is 1. The highest BCUT2D eigenvalue weighted by molar-refractivity contribution is 6.08. The lowest BCUT2D eigenvalue weighted by atomic mass is 9.87. The fourth-order valence-corrected chi connectivity index (χ4v) is 3.22. The van der Waals surface area contributed by atoms with E-state index in [1.165, 1.54) is 0 Å². The maximum absolute atomic E-state index is 13.0. The summed E-state index contributed by atoms with van der Waals surface area (Å²) in [6, 6.07) is 13.0. The third kappa shape index (κ3) is 3.45. The zero-order valence-corrected chi connectivity index (χ0v) is 16.3. The lowest BCUT2D eigenvalue weighted by molar-refractivity contribution is 0.101. The van der Waals surface area contributed by atoms with Gasteiger partial charge < -0.3 is 14.6 Å². The summed E-state index contributed by atoms with van der Waals surface area (Å²) < 4.78 is 7.15. The standard InChI is InChI=1S/C22H24N2O3/c1-22(2,3)16-9-10-19(27-5)17(12-16)23-21(26)18-11-14-7-6-8-15(13-25)20(14)24(18)4/h6-13H,1-5H3,(H,23,26). The first kappa shape index (κ1) is 18.7. The first-order valence-corrected chi connectivity index (χ1v) is 8.79. The molecule has 1 heterocycles. The van der Waals surface area contributed by atoms with Gasteiger partial charge >= 0.3 is 0 Å². The quantitative estimate of drug-likeness (QED) is 0.691. The van der Waals surface area contributed by atoms with Crippen LogP contribution in [0.1, 0.15) is 47.2 Å². The molecule has 3 rings (SSSR count). The lowest BCUT2D eigenvalue weighted by Crippen LogP contribution is -2.17. The molecule has 27 heavy (non-hydrogen) atoms. The summed E-state index contributed by atoms with van der Waals surface area (Å²) in [5, 5.41) is 3.81. The van der Waals surface area contributed by atoms with Crippen molar-refractivity contribution in [3.63, 3.8) is 0 Å². The summed E-state index contributed by atoms with van der Waals surface area (Å²) in [6.45, 7) is 6.35. The van der Waals surface area contributed by atoms with Crippen LogP contribution in [0.15, 0.2) is 42.5 Å². The molecule has 0 spiro atoms. The Balaban J connectivity index is 2.02. The summed E-state index contributed by atoms with van der Waals surface area (Å²) in [7, 11) is 3.36. The van der Waals surface area contributed by atoms with Crippen LogP contribution in [0.25, 0.3) is 10.9 Å². The van der Waals surface area contributed by atoms with E-state index < -0.39 is 0 Å². The van der Waals surface area contributed by atoms with Gasteiger partial charge in [-0.2, -0.15) is 0 Å². The van der Waals surface area contributed by atoms with Gasteiger partial charge in [0.1, 0.15) is 11.4 Å². The van der Waals surface area contributed by atoms with E-state index in [1.807, 2.05) is 30.3 Å². The zero-order chi connectivity index (χ0) is 19.8. The molecule has 140 valence electrons. The number of rotatable bonds is 4. The number of hydrogen-bond donors (Lipinski definition) is 1. The summed E-state index contributed by atoms with van der Waals surface area (Å²) in [4.78, 5) is 24.3. The van der Waals surface area contributed by atoms with Gasteiger partial charge in [0, 0.05) is 18.0 Å². The number of anilines is 1. The van der Waals surface area contributed by atoms with Crippen molar-refractivity contribution in [2.45, 2.75) is 26.2 Å². The van der Waals surface area contributed by atoms with Crippen LogP contribution >= 0.6 is 0 Å². The number of aldehydes is 1. The molecular formula is C22H24N2O3. The lowest BCUT2D eigenvalue weighted by Gasteiger charge is -2.21. The van der Waals surface area contributed by atoms with Crippen LogP contribution in [0.3, 0.4) is 0 Å². The van der Waals surface area contributed by atoms with Crippen LogP contribution in [0.4, 0.5) is 5.69 Å². The summed E-state index contributed by atoms with van der Waals surface area (Å²) >= 11 is 0. The number of methoxy groups -OCH3 is 1. The molecule has 5 nitrogen and oxygen atoms in total. The topological polar surface area (TPSA) is 60.3 Å². The fraction of sp³-hybridized carbons (Fsp3) is 0.273. The molecule has 0 aliphatic heterocycles. The SMILES string of the molecule is COc1ccc(C(C)(C)C)cc1NC(=O)c1cc2cccc(C=O)c2n1C. The maximum atomic E-state index is 13.0. The van der Waals surface area contributed by atoms with Gasteiger partial charge in [-0.05, 0) is 35.2 Å². The number of carbonyl (C=O) groups is 2. The number of ether oxygens (including phenoxy) is 1. The molecule has 0 unspecified atom stereocenters. The number of nitrogens with zero attached hydrogens (tertiary/aromatic N) is 1. The number of amides is 1. The molecule has 1 aromatic heterocycles. The molecule has 0 aliphatic rings. The minimum atomic E-state index is -0.255. The largest absolute Gasteiger partial charge is 0.495 e. The van der Waals surface area contributed by atoms with Crippen LogP contribution in [-0.4, -0.2) is 23.9 Å². The van der Waals surface area contributed by atoms with Gasteiger partial charge in [-0.25, -0.2) is 0 Å². The van der Waals surface area contributed by atoms with E-state index in [1.54, 1.807) is 30.9 Å². The Labute approximate surface area is 158 Å². The molecule has 0 saturated carbocycles. The van der Waals surface area contributed by atoms with E-state index in [9.17, 15) is 9.59 Å². The van der Waals surface area contributed by atoms with Gasteiger partial charge in [-0.3, -0.25) is 9.59 Å². The van der Waals surface area contributed by atoms with Crippen molar-refractivity contribution in [2.24, 2.45) is 7.05 Å². The molecule has 0 atom stereocenters. The van der Waals surface area contributed by atoms with E-state index in [4.69, 9.17) is 4.74 Å². The molecule has 3 aromatic rings. The van der Waals surface area contributed by atoms with E-state index in [0.29, 0.717) is 22.7 Å². The minimum absolute atomic E-state index is 0.0513. The highest BCUT2D eigenvalue weighted by Crippen LogP contribution is 2.32. The molecule has 5 heteroatoms. The van der Waals surface area contributed by atoms with Crippen molar-refractivity contribution < 1.29 is 14.3 Å². The van der Waals surface area contributed by atoms with Crippen molar-refractivity contribution in [1.29, 1.82) is 0 Å². The molecular weight excluding hydrogens is 340 g/mol. The van der Waals surface area contributed by atoms with Crippen LogP contribution in [0.5, 0.6) is 5.75 Å². The number of carbonyl (C=O) groups excluding carboxylic acids is 2. The van der Waals surface area contributed by atoms with Gasteiger partial charge in [0.25, 0.3) is 5.91 Å². The Morgan fingerprint density at radius 3 is 2.52 bits per heavy atom. The normalized spacial score (nSPS) is 11.4. The average Bonchev–Trinajstić information content (AvgIpc) is 2.98. The van der Waals surface area contributed by atoms with E-state index in [0.717, 1.165) is 22.8 Å². The van der Waals surface area contributed by atoms with E-state index >= 15 is 0 Å². The number of para-hydroxylation sites is 1. The van der Waals surface area contributed by atoms with Gasteiger partial charge in [-0.1, -0.05) is 39.0 Å². The number of benzene rings is 2. The molecule has 1 amide bonds. The van der Waals surface area contributed by atoms with Crippen LogP contribution < -0.4 is 10.1 Å². The first-order valence-electron chi connectivity index (χ1n) is 8.79. The zero-order valence-electron chi connectivity index (χ0n) is 16.3. The first-order chi connectivity index (χ1) is 12.8. The summed E-state index contributed by atoms with van der Waals surface area (Å²) in [6.07, 6.45) is 0.805. The van der Waals surface area contributed by atoms with Crippen molar-refractivity contribution >= 4 is 28.8 Å². The third-order valence-electron chi connectivity index (χ3n) is 4.76. The molecule has 0 aliphatic carbocycles. The van der Waals surface area contributed by atoms with Crippen molar-refractivity contribution in [2.75, 3.05) is 12.4 Å². The molecule has 0 bridgehead atoms. The van der Waals surface area contributed by atoms with Gasteiger partial charge in [0.15, 0.2) is 6.29 Å². The molecule has 1 N–H and O–H groups in total. The fourth-order valence-electron chi connectivity index (χ4n) is 3.22. The molecule has 0 saturated heterocycles. The Hall–Kier alpha value is -3.08. The molecule has 2 aromatic carbocycles. The van der Waals surface area contributed by atoms with Crippen molar-refractivity contribution in [3.05, 3.63) is 59.3 Å². The molecule has 0 fully saturated rings. The van der Waals surface area contributed by atoms with Crippen LogP contribution in [0.2, 0.25) is 0 Å². The average molecular weight is 364 g/mol. The Morgan fingerprint density at radius 2 is 1.89 bits per heavy atom.